The normalized spacial score (nSPS) is 20.4. The first kappa shape index (κ1) is 11.8. The van der Waals surface area contributed by atoms with Gasteiger partial charge in [-0.25, -0.2) is 4.98 Å². The molecule has 1 aliphatic heterocycles. The third kappa shape index (κ3) is 3.44. The number of halogens is 1. The van der Waals surface area contributed by atoms with Gasteiger partial charge in [-0.3, -0.25) is 4.98 Å². The molecule has 0 aliphatic carbocycles. The molecule has 3 nitrogen and oxygen atoms in total. The van der Waals surface area contributed by atoms with Crippen molar-refractivity contribution in [2.24, 2.45) is 0 Å². The van der Waals surface area contributed by atoms with Gasteiger partial charge >= 0.3 is 0 Å². The first-order valence-corrected chi connectivity index (χ1v) is 5.56. The van der Waals surface area contributed by atoms with Crippen LogP contribution in [0.5, 0.6) is 0 Å². The van der Waals surface area contributed by atoms with Crippen LogP contribution in [0.25, 0.3) is 0 Å². The molecule has 1 aromatic heterocycles. The number of hydrogen-bond donors (Lipinski definition) is 1. The third-order valence-electron chi connectivity index (χ3n) is 2.13. The third-order valence-corrected chi connectivity index (χ3v) is 3.21. The molecule has 1 atom stereocenters. The van der Waals surface area contributed by atoms with Crippen molar-refractivity contribution < 1.29 is 0 Å². The molecule has 0 saturated carbocycles. The van der Waals surface area contributed by atoms with Gasteiger partial charge < -0.3 is 5.32 Å². The Morgan fingerprint density at radius 3 is 3.07 bits per heavy atom. The molecule has 0 amide bonds. The Balaban J connectivity index is 0.000000980. The summed E-state index contributed by atoms with van der Waals surface area (Å²) in [5.74, 6) is 1.11. The Labute approximate surface area is 94.5 Å². The molecule has 2 heterocycles. The minimum atomic E-state index is 0. The van der Waals surface area contributed by atoms with Gasteiger partial charge in [-0.05, 0) is 19.4 Å². The van der Waals surface area contributed by atoms with E-state index in [2.05, 4.69) is 15.3 Å². The number of hydrogen-bond acceptors (Lipinski definition) is 4. The van der Waals surface area contributed by atoms with Gasteiger partial charge in [0.1, 0.15) is 5.03 Å². The fraction of sp³-hybridized carbons (Fsp3) is 0.556. The molecule has 1 aliphatic rings. The Hall–Kier alpha value is -0.320. The van der Waals surface area contributed by atoms with Crippen LogP contribution in [0.4, 0.5) is 0 Å². The molecule has 1 saturated heterocycles. The van der Waals surface area contributed by atoms with Crippen molar-refractivity contribution in [3.63, 3.8) is 0 Å². The molecule has 0 spiro atoms. The number of nitrogens with zero attached hydrogens (tertiary/aromatic N) is 2. The summed E-state index contributed by atoms with van der Waals surface area (Å²) in [6.07, 6.45) is 7.88. The maximum atomic E-state index is 4.21. The lowest BCUT2D eigenvalue weighted by Gasteiger charge is -2.07. The second kappa shape index (κ2) is 6.22. The summed E-state index contributed by atoms with van der Waals surface area (Å²) in [6, 6.07) is 0.673. The second-order valence-electron chi connectivity index (χ2n) is 3.15. The van der Waals surface area contributed by atoms with Crippen LogP contribution in [0.2, 0.25) is 0 Å². The fourth-order valence-corrected chi connectivity index (χ4v) is 2.37. The first-order valence-electron chi connectivity index (χ1n) is 4.57. The van der Waals surface area contributed by atoms with Gasteiger partial charge in [0.05, 0.1) is 6.20 Å². The molecule has 0 bridgehead atoms. The highest BCUT2D eigenvalue weighted by Crippen LogP contribution is 2.17. The van der Waals surface area contributed by atoms with E-state index in [1.165, 1.54) is 19.4 Å². The molecular formula is C9H14ClN3S. The van der Waals surface area contributed by atoms with Gasteiger partial charge in [-0.15, -0.1) is 24.2 Å². The molecule has 0 aromatic carbocycles. The van der Waals surface area contributed by atoms with E-state index in [-0.39, 0.29) is 12.4 Å². The molecule has 5 heteroatoms. The highest BCUT2D eigenvalue weighted by atomic mass is 35.5. The zero-order valence-electron chi connectivity index (χ0n) is 7.85. The predicted octanol–water partition coefficient (Wildman–Crippen LogP) is 1.74. The van der Waals surface area contributed by atoms with Crippen LogP contribution < -0.4 is 5.32 Å². The summed E-state index contributed by atoms with van der Waals surface area (Å²) < 4.78 is 0. The van der Waals surface area contributed by atoms with Crippen LogP contribution in [0.15, 0.2) is 23.6 Å². The van der Waals surface area contributed by atoms with Crippen molar-refractivity contribution in [2.75, 3.05) is 12.3 Å². The van der Waals surface area contributed by atoms with Gasteiger partial charge in [0.2, 0.25) is 0 Å². The van der Waals surface area contributed by atoms with Crippen LogP contribution in [0, 0.1) is 0 Å². The van der Waals surface area contributed by atoms with Gasteiger partial charge in [-0.1, -0.05) is 0 Å². The fourth-order valence-electron chi connectivity index (χ4n) is 1.44. The molecule has 1 fully saturated rings. The molecule has 1 unspecified atom stereocenters. The molecule has 14 heavy (non-hydrogen) atoms. The van der Waals surface area contributed by atoms with Gasteiger partial charge in [0.25, 0.3) is 0 Å². The molecular weight excluding hydrogens is 218 g/mol. The Morgan fingerprint density at radius 1 is 1.50 bits per heavy atom. The number of thioether (sulfide) groups is 1. The summed E-state index contributed by atoms with van der Waals surface area (Å²) >= 11 is 1.78. The summed E-state index contributed by atoms with van der Waals surface area (Å²) in [4.78, 5) is 8.24. The Kier molecular flexibility index (Phi) is 5.22. The van der Waals surface area contributed by atoms with E-state index in [0.717, 1.165) is 10.8 Å². The Bertz CT molecular complexity index is 251. The molecule has 2 rings (SSSR count). The standard InChI is InChI=1S/C9H13N3S.ClH/c1-2-8(11-3-1)7-13-9-6-10-4-5-12-9;/h4-6,8,11H,1-3,7H2;1H. The van der Waals surface area contributed by atoms with E-state index in [0.29, 0.717) is 6.04 Å². The van der Waals surface area contributed by atoms with E-state index in [4.69, 9.17) is 0 Å². The van der Waals surface area contributed by atoms with E-state index < -0.39 is 0 Å². The highest BCUT2D eigenvalue weighted by molar-refractivity contribution is 7.99. The van der Waals surface area contributed by atoms with Crippen LogP contribution in [0.1, 0.15) is 12.8 Å². The Morgan fingerprint density at radius 2 is 2.43 bits per heavy atom. The quantitative estimate of drug-likeness (QED) is 0.805. The zero-order valence-corrected chi connectivity index (χ0v) is 9.48. The summed E-state index contributed by atoms with van der Waals surface area (Å²) in [5.41, 5.74) is 0. The van der Waals surface area contributed by atoms with Gasteiger partial charge in [-0.2, -0.15) is 0 Å². The summed E-state index contributed by atoms with van der Waals surface area (Å²) in [6.45, 7) is 1.17. The van der Waals surface area contributed by atoms with E-state index in [1.54, 1.807) is 24.2 Å². The number of rotatable bonds is 3. The summed E-state index contributed by atoms with van der Waals surface area (Å²) in [5, 5.41) is 4.48. The second-order valence-corrected chi connectivity index (χ2v) is 4.19. The smallest absolute Gasteiger partial charge is 0.114 e. The van der Waals surface area contributed by atoms with Crippen LogP contribution >= 0.6 is 24.2 Å². The van der Waals surface area contributed by atoms with Crippen molar-refractivity contribution in [3.8, 4) is 0 Å². The maximum Gasteiger partial charge on any atom is 0.114 e. The SMILES string of the molecule is Cl.c1cnc(SCC2CCCN2)cn1. The minimum absolute atomic E-state index is 0. The molecule has 1 aromatic rings. The highest BCUT2D eigenvalue weighted by Gasteiger charge is 2.13. The average molecular weight is 232 g/mol. The number of aromatic nitrogens is 2. The average Bonchev–Trinajstić information content (AvgIpc) is 2.69. The first-order chi connectivity index (χ1) is 6.45. The lowest BCUT2D eigenvalue weighted by Crippen LogP contribution is -2.23. The van der Waals surface area contributed by atoms with E-state index in [9.17, 15) is 0 Å². The number of nitrogens with one attached hydrogen (secondary N) is 1. The van der Waals surface area contributed by atoms with Crippen molar-refractivity contribution in [1.82, 2.24) is 15.3 Å². The minimum Gasteiger partial charge on any atom is -0.313 e. The summed E-state index contributed by atoms with van der Waals surface area (Å²) in [7, 11) is 0. The van der Waals surface area contributed by atoms with Gasteiger partial charge in [0.15, 0.2) is 0 Å². The van der Waals surface area contributed by atoms with Crippen molar-refractivity contribution in [2.45, 2.75) is 23.9 Å². The largest absolute Gasteiger partial charge is 0.313 e. The van der Waals surface area contributed by atoms with Gasteiger partial charge in [0, 0.05) is 24.2 Å². The van der Waals surface area contributed by atoms with Crippen LogP contribution in [-0.2, 0) is 0 Å². The van der Waals surface area contributed by atoms with E-state index in [1.807, 2.05) is 6.20 Å². The van der Waals surface area contributed by atoms with Crippen molar-refractivity contribution >= 4 is 24.2 Å². The maximum absolute atomic E-state index is 4.21. The predicted molar refractivity (Wildman–Crippen MR) is 61.0 cm³/mol. The van der Waals surface area contributed by atoms with Crippen molar-refractivity contribution in [1.29, 1.82) is 0 Å². The topological polar surface area (TPSA) is 37.8 Å². The van der Waals surface area contributed by atoms with Crippen LogP contribution in [-0.4, -0.2) is 28.3 Å². The molecule has 1 N–H and O–H groups in total. The monoisotopic (exact) mass is 231 g/mol. The van der Waals surface area contributed by atoms with Crippen molar-refractivity contribution in [3.05, 3.63) is 18.6 Å². The molecule has 78 valence electrons. The molecule has 0 radical (unpaired) electrons. The lowest BCUT2D eigenvalue weighted by molar-refractivity contribution is 0.673. The lowest BCUT2D eigenvalue weighted by atomic mass is 10.3. The van der Waals surface area contributed by atoms with Crippen LogP contribution in [0.3, 0.4) is 0 Å². The zero-order chi connectivity index (χ0) is 8.93. The van der Waals surface area contributed by atoms with E-state index >= 15 is 0 Å².